The van der Waals surface area contributed by atoms with Crippen molar-refractivity contribution in [1.29, 1.82) is 0 Å². The first-order valence-electron chi connectivity index (χ1n) is 28.6. The molecule has 12 aromatic rings. The average Bonchev–Trinajstić information content (AvgIpc) is 4.14. The van der Waals surface area contributed by atoms with Gasteiger partial charge >= 0.3 is 0 Å². The van der Waals surface area contributed by atoms with Crippen LogP contribution < -0.4 is 9.30 Å². The summed E-state index contributed by atoms with van der Waals surface area (Å²) in [7, 11) is 0. The number of benzene rings is 9. The molecule has 0 radical (unpaired) electrons. The largest absolute Gasteiger partial charge is 0.458 e. The molecule has 3 aromatic heterocycles. The molecule has 1 aliphatic rings. The van der Waals surface area contributed by atoms with E-state index in [0.717, 1.165) is 83.8 Å². The van der Waals surface area contributed by atoms with Crippen molar-refractivity contribution in [2.24, 2.45) is 0 Å². The SMILES string of the molecule is CC(C)(C)c1ccc(-c2cc3c4c(c2)n(-c2cccc(Oc5ccc6c7ccccc7n(-c7cc(C(C)(C)C)ccn7)c6c5)c2)[c-][n+]4-c2c(-c4cc(C(C)(C)C)cc(C(C)(C)C)c4)cccc2-c2ccccc2-c2ccccc2-3)cc1. The van der Waals surface area contributed by atoms with Crippen LogP contribution in [0.1, 0.15) is 105 Å². The van der Waals surface area contributed by atoms with E-state index < -0.39 is 0 Å². The zero-order chi connectivity index (χ0) is 56.3. The van der Waals surface area contributed by atoms with Crippen LogP contribution in [0.15, 0.2) is 206 Å². The van der Waals surface area contributed by atoms with Gasteiger partial charge < -0.3 is 4.74 Å². The second kappa shape index (κ2) is 18.9. The number of fused-ring (bicyclic) bond motifs is 10. The molecule has 0 spiro atoms. The van der Waals surface area contributed by atoms with E-state index in [1.807, 2.05) is 6.20 Å². The van der Waals surface area contributed by atoms with Crippen LogP contribution in [0.3, 0.4) is 0 Å². The van der Waals surface area contributed by atoms with Crippen molar-refractivity contribution >= 4 is 32.8 Å². The summed E-state index contributed by atoms with van der Waals surface area (Å²) >= 11 is 0. The number of nitrogens with zero attached hydrogens (tertiary/aromatic N) is 4. The second-order valence-corrected chi connectivity index (χ2v) is 26.4. The minimum atomic E-state index is -0.0819. The van der Waals surface area contributed by atoms with Crippen molar-refractivity contribution in [3.05, 3.63) is 235 Å². The fourth-order valence-corrected chi connectivity index (χ4v) is 12.0. The molecule has 13 rings (SSSR count). The lowest BCUT2D eigenvalue weighted by Crippen LogP contribution is -2.32. The highest BCUT2D eigenvalue weighted by atomic mass is 16.5. The smallest absolute Gasteiger partial charge is 0.269 e. The van der Waals surface area contributed by atoms with E-state index in [2.05, 4.69) is 303 Å². The first-order valence-corrected chi connectivity index (χ1v) is 28.6. The minimum Gasteiger partial charge on any atom is -0.458 e. The van der Waals surface area contributed by atoms with E-state index in [0.29, 0.717) is 5.75 Å². The lowest BCUT2D eigenvalue weighted by molar-refractivity contribution is -0.570. The molecule has 5 heteroatoms. The Morgan fingerprint density at radius 2 is 0.951 bits per heavy atom. The number of hydrogen-bond acceptors (Lipinski definition) is 2. The summed E-state index contributed by atoms with van der Waals surface area (Å²) in [4.78, 5) is 4.96. The summed E-state index contributed by atoms with van der Waals surface area (Å²) in [6.07, 6.45) is 6.04. The summed E-state index contributed by atoms with van der Waals surface area (Å²) in [5.74, 6) is 2.33. The molecular weight excluding hydrogens is 985 g/mol. The van der Waals surface area contributed by atoms with Gasteiger partial charge in [-0.15, -0.1) is 0 Å². The Balaban J connectivity index is 1.06. The second-order valence-electron chi connectivity index (χ2n) is 26.4. The van der Waals surface area contributed by atoms with E-state index in [1.165, 1.54) is 49.9 Å². The van der Waals surface area contributed by atoms with Crippen molar-refractivity contribution in [3.8, 4) is 84.3 Å². The van der Waals surface area contributed by atoms with E-state index in [4.69, 9.17) is 9.72 Å². The lowest BCUT2D eigenvalue weighted by atomic mass is 9.78. The maximum absolute atomic E-state index is 7.01. The monoisotopic (exact) mass is 1050 g/mol. The van der Waals surface area contributed by atoms with Gasteiger partial charge in [-0.1, -0.05) is 223 Å². The van der Waals surface area contributed by atoms with Crippen LogP contribution in [-0.4, -0.2) is 14.1 Å². The molecule has 4 heterocycles. The van der Waals surface area contributed by atoms with E-state index in [1.54, 1.807) is 0 Å². The van der Waals surface area contributed by atoms with Gasteiger partial charge in [0.15, 0.2) is 0 Å². The van der Waals surface area contributed by atoms with E-state index >= 15 is 0 Å². The Labute approximate surface area is 477 Å². The Kier molecular flexibility index (Phi) is 12.1. The molecule has 0 atom stereocenters. The summed E-state index contributed by atoms with van der Waals surface area (Å²) < 4.78 is 13.9. The van der Waals surface area contributed by atoms with Crippen molar-refractivity contribution < 1.29 is 9.30 Å². The first-order chi connectivity index (χ1) is 38.7. The van der Waals surface area contributed by atoms with Crippen molar-refractivity contribution in [1.82, 2.24) is 14.1 Å². The topological polar surface area (TPSA) is 35.9 Å². The third kappa shape index (κ3) is 9.13. The maximum atomic E-state index is 7.01. The fraction of sp³-hybridized carbons (Fsp3) is 0.211. The number of imidazole rings is 1. The van der Waals surface area contributed by atoms with Crippen molar-refractivity contribution in [2.45, 2.75) is 105 Å². The third-order valence-corrected chi connectivity index (χ3v) is 16.6. The molecule has 0 unspecified atom stereocenters. The lowest BCUT2D eigenvalue weighted by Gasteiger charge is -2.27. The van der Waals surface area contributed by atoms with Gasteiger partial charge in [-0.25, -0.2) is 4.98 Å². The number of rotatable bonds is 6. The maximum Gasteiger partial charge on any atom is 0.269 e. The highest BCUT2D eigenvalue weighted by molar-refractivity contribution is 6.09. The molecule has 1 aliphatic heterocycles. The van der Waals surface area contributed by atoms with Gasteiger partial charge in [-0.2, -0.15) is 0 Å². The van der Waals surface area contributed by atoms with Gasteiger partial charge in [-0.05, 0) is 154 Å². The number of para-hydroxylation sites is 2. The van der Waals surface area contributed by atoms with Gasteiger partial charge in [0.25, 0.3) is 6.33 Å². The molecule has 0 amide bonds. The Morgan fingerprint density at radius 3 is 1.62 bits per heavy atom. The van der Waals surface area contributed by atoms with Gasteiger partial charge in [0.05, 0.1) is 33.4 Å². The Bertz CT molecular complexity index is 4430. The molecule has 9 aromatic carbocycles. The normalized spacial score (nSPS) is 12.7. The summed E-state index contributed by atoms with van der Waals surface area (Å²) in [6.45, 7) is 27.5. The summed E-state index contributed by atoms with van der Waals surface area (Å²) in [6, 6.07) is 73.9. The standard InChI is InChI=1S/C76H70N4O/c1-73(2,3)51-33-31-48(32-34-51)49-41-66-62-26-16-14-24-60(62)59-23-13-15-25-61(59)65-29-20-28-58(50-39-53(75(7,8)9)43-54(40-50)76(10,11)12)71(65)79-47-78(69(42-49)72(66)79)55-21-19-22-56(45-55)81-57-35-36-64-63-27-17-18-30-67(63)80(68(64)46-57)70-44-52(37-38-77-70)74(4,5)6/h13-46H,1-12H3. The van der Waals surface area contributed by atoms with Gasteiger partial charge in [0.1, 0.15) is 17.3 Å². The molecule has 0 bridgehead atoms. The van der Waals surface area contributed by atoms with Crippen LogP contribution in [-0.2, 0) is 21.7 Å². The van der Waals surface area contributed by atoms with Gasteiger partial charge in [-0.3, -0.25) is 13.7 Å². The molecule has 5 nitrogen and oxygen atoms in total. The van der Waals surface area contributed by atoms with Crippen LogP contribution in [0.25, 0.3) is 106 Å². The van der Waals surface area contributed by atoms with Crippen LogP contribution in [0.5, 0.6) is 11.5 Å². The summed E-state index contributed by atoms with van der Waals surface area (Å²) in [5, 5.41) is 2.31. The highest BCUT2D eigenvalue weighted by Gasteiger charge is 2.29. The predicted molar refractivity (Wildman–Crippen MR) is 338 cm³/mol. The average molecular weight is 1060 g/mol. The van der Waals surface area contributed by atoms with Gasteiger partial charge in [0, 0.05) is 23.0 Å². The Hall–Kier alpha value is -8.80. The van der Waals surface area contributed by atoms with Gasteiger partial charge in [0.2, 0.25) is 0 Å². The fourth-order valence-electron chi connectivity index (χ4n) is 12.0. The van der Waals surface area contributed by atoms with E-state index in [-0.39, 0.29) is 21.7 Å². The molecule has 0 saturated carbocycles. The zero-order valence-electron chi connectivity index (χ0n) is 48.8. The number of ether oxygens (including phenoxy) is 1. The van der Waals surface area contributed by atoms with Crippen LogP contribution in [0.4, 0.5) is 0 Å². The molecule has 400 valence electrons. The minimum absolute atomic E-state index is 0.0160. The van der Waals surface area contributed by atoms with Crippen LogP contribution in [0.2, 0.25) is 0 Å². The quantitative estimate of drug-likeness (QED) is 0.123. The Morgan fingerprint density at radius 1 is 0.383 bits per heavy atom. The number of pyridine rings is 1. The zero-order valence-corrected chi connectivity index (χ0v) is 48.8. The van der Waals surface area contributed by atoms with E-state index in [9.17, 15) is 0 Å². The highest BCUT2D eigenvalue weighted by Crippen LogP contribution is 2.47. The number of hydrogen-bond donors (Lipinski definition) is 0. The first kappa shape index (κ1) is 51.6. The molecule has 0 N–H and O–H groups in total. The molecule has 0 fully saturated rings. The molecule has 0 saturated heterocycles. The van der Waals surface area contributed by atoms with Crippen LogP contribution in [0, 0.1) is 6.33 Å². The molecular formula is C76H70N4O. The van der Waals surface area contributed by atoms with Crippen LogP contribution >= 0.6 is 0 Å². The number of aromatic nitrogens is 4. The summed E-state index contributed by atoms with van der Waals surface area (Å²) in [5.41, 5.74) is 22.7. The predicted octanol–water partition coefficient (Wildman–Crippen LogP) is 19.8. The molecule has 81 heavy (non-hydrogen) atoms. The third-order valence-electron chi connectivity index (χ3n) is 16.6. The van der Waals surface area contributed by atoms with Crippen molar-refractivity contribution in [2.75, 3.05) is 0 Å². The van der Waals surface area contributed by atoms with Crippen molar-refractivity contribution in [3.63, 3.8) is 0 Å². The molecule has 0 aliphatic carbocycles.